The lowest BCUT2D eigenvalue weighted by Crippen LogP contribution is -2.35. The van der Waals surface area contributed by atoms with Crippen LogP contribution in [0.5, 0.6) is 5.75 Å². The number of ether oxygens (including phenoxy) is 1. The van der Waals surface area contributed by atoms with E-state index < -0.39 is 17.7 Å². The number of carbonyl (C=O) groups excluding carboxylic acids is 1. The second kappa shape index (κ2) is 8.79. The zero-order chi connectivity index (χ0) is 16.7. The first-order valence-electron chi connectivity index (χ1n) is 7.78. The third kappa shape index (κ3) is 6.11. The molecule has 0 aliphatic carbocycles. The van der Waals surface area contributed by atoms with Crippen LogP contribution in [0.25, 0.3) is 0 Å². The molecule has 5 nitrogen and oxygen atoms in total. The molecule has 1 saturated heterocycles. The van der Waals surface area contributed by atoms with Gasteiger partial charge in [-0.25, -0.2) is 8.78 Å². The van der Waals surface area contributed by atoms with Crippen LogP contribution >= 0.6 is 0 Å². The molecule has 2 atom stereocenters. The lowest BCUT2D eigenvalue weighted by molar-refractivity contribution is -0.121. The fraction of sp³-hybridized carbons (Fsp3) is 0.562. The van der Waals surface area contributed by atoms with Gasteiger partial charge in [-0.15, -0.1) is 0 Å². The first-order valence-corrected chi connectivity index (χ1v) is 7.78. The molecule has 1 aromatic carbocycles. The molecule has 7 heteroatoms. The van der Waals surface area contributed by atoms with E-state index in [0.29, 0.717) is 12.3 Å². The predicted octanol–water partition coefficient (Wildman–Crippen LogP) is 1.21. The number of amides is 1. The Hall–Kier alpha value is -1.73. The summed E-state index contributed by atoms with van der Waals surface area (Å²) in [6.07, 6.45) is 1.45. The highest BCUT2D eigenvalue weighted by atomic mass is 19.2. The molecular formula is C16H22F2N2O3. The molecule has 1 aliphatic rings. The fourth-order valence-corrected chi connectivity index (χ4v) is 2.43. The van der Waals surface area contributed by atoms with Crippen molar-refractivity contribution in [1.82, 2.24) is 10.6 Å². The number of nitrogens with one attached hydrogen (secondary N) is 2. The van der Waals surface area contributed by atoms with E-state index in [0.717, 1.165) is 38.1 Å². The zero-order valence-electron chi connectivity index (χ0n) is 12.9. The van der Waals surface area contributed by atoms with Crippen molar-refractivity contribution in [3.63, 3.8) is 0 Å². The van der Waals surface area contributed by atoms with Gasteiger partial charge in [0.15, 0.2) is 11.6 Å². The topological polar surface area (TPSA) is 70.6 Å². The summed E-state index contributed by atoms with van der Waals surface area (Å²) in [5, 5.41) is 15.6. The molecule has 0 aromatic heterocycles. The van der Waals surface area contributed by atoms with E-state index >= 15 is 0 Å². The summed E-state index contributed by atoms with van der Waals surface area (Å²) >= 11 is 0. The van der Waals surface area contributed by atoms with Crippen LogP contribution in [0.4, 0.5) is 8.78 Å². The number of rotatable bonds is 8. The molecule has 0 saturated carbocycles. The number of hydrogen-bond donors (Lipinski definition) is 3. The lowest BCUT2D eigenvalue weighted by Gasteiger charge is -2.14. The van der Waals surface area contributed by atoms with Crippen LogP contribution in [0.3, 0.4) is 0 Å². The maximum atomic E-state index is 13.0. The average Bonchev–Trinajstić information content (AvgIpc) is 3.05. The molecule has 23 heavy (non-hydrogen) atoms. The van der Waals surface area contributed by atoms with Crippen molar-refractivity contribution in [3.05, 3.63) is 29.8 Å². The molecular weight excluding hydrogens is 306 g/mol. The quantitative estimate of drug-likeness (QED) is 0.671. The Balaban J connectivity index is 1.61. The third-order valence-corrected chi connectivity index (χ3v) is 3.81. The molecule has 1 heterocycles. The first kappa shape index (κ1) is 17.6. The molecule has 0 bridgehead atoms. The fourth-order valence-electron chi connectivity index (χ4n) is 2.43. The number of halogens is 2. The Labute approximate surface area is 134 Å². The number of aliphatic hydroxyl groups excluding tert-OH is 1. The Morgan fingerprint density at radius 1 is 1.43 bits per heavy atom. The smallest absolute Gasteiger partial charge is 0.220 e. The van der Waals surface area contributed by atoms with Crippen LogP contribution in [-0.4, -0.2) is 43.4 Å². The van der Waals surface area contributed by atoms with Gasteiger partial charge in [-0.3, -0.25) is 4.79 Å². The van der Waals surface area contributed by atoms with Crippen molar-refractivity contribution >= 4 is 5.91 Å². The Bertz CT molecular complexity index is 522. The van der Waals surface area contributed by atoms with E-state index in [-0.39, 0.29) is 24.8 Å². The van der Waals surface area contributed by atoms with Crippen molar-refractivity contribution < 1.29 is 23.4 Å². The molecule has 3 N–H and O–H groups in total. The van der Waals surface area contributed by atoms with Crippen LogP contribution in [0.2, 0.25) is 0 Å². The van der Waals surface area contributed by atoms with Gasteiger partial charge in [0, 0.05) is 19.0 Å². The standard InChI is InChI=1S/C16H22F2N2O3/c17-14-3-2-13(7-15(14)18)23-10-12(21)9-20-16(22)4-1-11-5-6-19-8-11/h2-3,7,11-12,19,21H,1,4-6,8-10H2,(H,20,22). The average molecular weight is 328 g/mol. The van der Waals surface area contributed by atoms with E-state index in [2.05, 4.69) is 10.6 Å². The largest absolute Gasteiger partial charge is 0.491 e. The highest BCUT2D eigenvalue weighted by molar-refractivity contribution is 5.75. The maximum Gasteiger partial charge on any atom is 0.220 e. The third-order valence-electron chi connectivity index (χ3n) is 3.81. The molecule has 1 aliphatic heterocycles. The van der Waals surface area contributed by atoms with E-state index in [4.69, 9.17) is 4.74 Å². The second-order valence-electron chi connectivity index (χ2n) is 5.74. The van der Waals surface area contributed by atoms with E-state index in [1.807, 2.05) is 0 Å². The van der Waals surface area contributed by atoms with Crippen LogP contribution in [-0.2, 0) is 4.79 Å². The maximum absolute atomic E-state index is 13.0. The summed E-state index contributed by atoms with van der Waals surface area (Å²) in [6.45, 7) is 1.91. The Kier molecular flexibility index (Phi) is 6.73. The number of aliphatic hydroxyl groups is 1. The Morgan fingerprint density at radius 2 is 2.26 bits per heavy atom. The van der Waals surface area contributed by atoms with E-state index in [1.54, 1.807) is 0 Å². The van der Waals surface area contributed by atoms with Gasteiger partial charge in [-0.05, 0) is 44.0 Å². The summed E-state index contributed by atoms with van der Waals surface area (Å²) in [5.74, 6) is -1.40. The van der Waals surface area contributed by atoms with Crippen LogP contribution in [0.15, 0.2) is 18.2 Å². The molecule has 2 unspecified atom stereocenters. The summed E-state index contributed by atoms with van der Waals surface area (Å²) in [6, 6.07) is 3.15. The normalized spacial score (nSPS) is 18.7. The van der Waals surface area contributed by atoms with Gasteiger partial charge in [0.1, 0.15) is 18.5 Å². The summed E-state index contributed by atoms with van der Waals surface area (Å²) in [7, 11) is 0. The van der Waals surface area contributed by atoms with Crippen molar-refractivity contribution in [3.8, 4) is 5.75 Å². The van der Waals surface area contributed by atoms with Crippen molar-refractivity contribution in [2.24, 2.45) is 5.92 Å². The highest BCUT2D eigenvalue weighted by Crippen LogP contribution is 2.16. The lowest BCUT2D eigenvalue weighted by atomic mass is 10.0. The van der Waals surface area contributed by atoms with E-state index in [9.17, 15) is 18.7 Å². The molecule has 0 spiro atoms. The monoisotopic (exact) mass is 328 g/mol. The zero-order valence-corrected chi connectivity index (χ0v) is 12.9. The SMILES string of the molecule is O=C(CCC1CCNC1)NCC(O)COc1ccc(F)c(F)c1. The molecule has 1 fully saturated rings. The van der Waals surface area contributed by atoms with Gasteiger partial charge in [0.25, 0.3) is 0 Å². The van der Waals surface area contributed by atoms with E-state index in [1.165, 1.54) is 6.07 Å². The van der Waals surface area contributed by atoms with Crippen LogP contribution in [0, 0.1) is 17.6 Å². The highest BCUT2D eigenvalue weighted by Gasteiger charge is 2.16. The minimum atomic E-state index is -1.01. The second-order valence-corrected chi connectivity index (χ2v) is 5.74. The van der Waals surface area contributed by atoms with Gasteiger partial charge < -0.3 is 20.5 Å². The molecule has 1 aromatic rings. The van der Waals surface area contributed by atoms with Crippen molar-refractivity contribution in [2.45, 2.75) is 25.4 Å². The minimum Gasteiger partial charge on any atom is -0.491 e. The van der Waals surface area contributed by atoms with Crippen LogP contribution < -0.4 is 15.4 Å². The van der Waals surface area contributed by atoms with Crippen molar-refractivity contribution in [2.75, 3.05) is 26.2 Å². The molecule has 0 radical (unpaired) electrons. The minimum absolute atomic E-state index is 0.0609. The van der Waals surface area contributed by atoms with Gasteiger partial charge in [0.05, 0.1) is 0 Å². The molecule has 1 amide bonds. The summed E-state index contributed by atoms with van der Waals surface area (Å²) in [5.41, 5.74) is 0. The van der Waals surface area contributed by atoms with Crippen molar-refractivity contribution in [1.29, 1.82) is 0 Å². The first-order chi connectivity index (χ1) is 11.0. The predicted molar refractivity (Wildman–Crippen MR) is 81.1 cm³/mol. The van der Waals surface area contributed by atoms with Gasteiger partial charge >= 0.3 is 0 Å². The summed E-state index contributed by atoms with van der Waals surface area (Å²) < 4.78 is 30.9. The summed E-state index contributed by atoms with van der Waals surface area (Å²) in [4.78, 5) is 11.7. The van der Waals surface area contributed by atoms with Gasteiger partial charge in [0.2, 0.25) is 5.91 Å². The Morgan fingerprint density at radius 3 is 2.96 bits per heavy atom. The number of benzene rings is 1. The number of hydrogen-bond acceptors (Lipinski definition) is 4. The number of carbonyl (C=O) groups is 1. The van der Waals surface area contributed by atoms with Gasteiger partial charge in [-0.2, -0.15) is 0 Å². The van der Waals surface area contributed by atoms with Crippen LogP contribution in [0.1, 0.15) is 19.3 Å². The molecule has 2 rings (SSSR count). The van der Waals surface area contributed by atoms with Gasteiger partial charge in [-0.1, -0.05) is 0 Å². The molecule has 128 valence electrons.